The molecule has 3 nitrogen and oxygen atoms in total. The summed E-state index contributed by atoms with van der Waals surface area (Å²) in [5.74, 6) is 1.67. The molecular weight excluding hydrogens is 210 g/mol. The highest BCUT2D eigenvalue weighted by Gasteiger charge is 2.17. The van der Waals surface area contributed by atoms with E-state index in [-0.39, 0.29) is 0 Å². The number of nitrogens with zero attached hydrogens (tertiary/aromatic N) is 1. The Bertz CT molecular complexity index is 234. The van der Waals surface area contributed by atoms with Crippen molar-refractivity contribution in [2.24, 2.45) is 10.9 Å². The zero-order valence-electron chi connectivity index (χ0n) is 9.35. The van der Waals surface area contributed by atoms with Crippen LogP contribution in [-0.4, -0.2) is 25.6 Å². The van der Waals surface area contributed by atoms with E-state index in [1.165, 1.54) is 19.3 Å². The lowest BCUT2D eigenvalue weighted by Gasteiger charge is -2.26. The predicted octanol–water partition coefficient (Wildman–Crippen LogP) is 2.09. The number of guanidine groups is 1. The van der Waals surface area contributed by atoms with Gasteiger partial charge in [-0.2, -0.15) is 0 Å². The molecule has 1 fully saturated rings. The SMILES string of the molecule is C=C(Cl)CN=C(NCC)NCC1CCC1. The summed E-state index contributed by atoms with van der Waals surface area (Å²) in [6, 6.07) is 0. The highest BCUT2D eigenvalue weighted by Crippen LogP contribution is 2.24. The third-order valence-corrected chi connectivity index (χ3v) is 2.66. The first-order valence-electron chi connectivity index (χ1n) is 5.57. The van der Waals surface area contributed by atoms with Gasteiger partial charge in [0.05, 0.1) is 6.54 Å². The number of halogens is 1. The number of nitrogens with one attached hydrogen (secondary N) is 2. The molecule has 1 rings (SSSR count). The molecule has 1 saturated carbocycles. The minimum Gasteiger partial charge on any atom is -0.357 e. The molecule has 0 aromatic carbocycles. The van der Waals surface area contributed by atoms with Gasteiger partial charge in [-0.3, -0.25) is 0 Å². The van der Waals surface area contributed by atoms with Crippen LogP contribution in [0.5, 0.6) is 0 Å². The minimum atomic E-state index is 0.474. The first-order valence-corrected chi connectivity index (χ1v) is 5.95. The van der Waals surface area contributed by atoms with Gasteiger partial charge in [0.2, 0.25) is 0 Å². The summed E-state index contributed by atoms with van der Waals surface area (Å²) in [4.78, 5) is 4.31. The van der Waals surface area contributed by atoms with Crippen LogP contribution in [0, 0.1) is 5.92 Å². The van der Waals surface area contributed by atoms with Crippen LogP contribution >= 0.6 is 11.6 Å². The lowest BCUT2D eigenvalue weighted by Crippen LogP contribution is -2.41. The van der Waals surface area contributed by atoms with Gasteiger partial charge in [0, 0.05) is 18.1 Å². The maximum absolute atomic E-state index is 5.67. The van der Waals surface area contributed by atoms with Crippen molar-refractivity contribution < 1.29 is 0 Å². The molecule has 0 saturated heterocycles. The van der Waals surface area contributed by atoms with Crippen molar-refractivity contribution in [2.75, 3.05) is 19.6 Å². The Balaban J connectivity index is 2.27. The second-order valence-corrected chi connectivity index (χ2v) is 4.42. The average Bonchev–Trinajstić information content (AvgIpc) is 2.11. The van der Waals surface area contributed by atoms with Gasteiger partial charge < -0.3 is 10.6 Å². The van der Waals surface area contributed by atoms with E-state index < -0.39 is 0 Å². The molecule has 15 heavy (non-hydrogen) atoms. The summed E-state index contributed by atoms with van der Waals surface area (Å²) < 4.78 is 0. The van der Waals surface area contributed by atoms with Gasteiger partial charge in [0.25, 0.3) is 0 Å². The number of hydrogen-bond donors (Lipinski definition) is 2. The normalized spacial score (nSPS) is 17.1. The lowest BCUT2D eigenvalue weighted by atomic mass is 9.85. The topological polar surface area (TPSA) is 36.4 Å². The Morgan fingerprint density at radius 1 is 1.47 bits per heavy atom. The summed E-state index contributed by atoms with van der Waals surface area (Å²) in [6.07, 6.45) is 4.06. The first kappa shape index (κ1) is 12.4. The van der Waals surface area contributed by atoms with Gasteiger partial charge in [-0.25, -0.2) is 4.99 Å². The van der Waals surface area contributed by atoms with Crippen molar-refractivity contribution in [1.82, 2.24) is 10.6 Å². The van der Waals surface area contributed by atoms with E-state index in [4.69, 9.17) is 11.6 Å². The minimum absolute atomic E-state index is 0.474. The molecule has 2 N–H and O–H groups in total. The van der Waals surface area contributed by atoms with Gasteiger partial charge in [0.1, 0.15) is 0 Å². The van der Waals surface area contributed by atoms with Gasteiger partial charge in [0.15, 0.2) is 5.96 Å². The van der Waals surface area contributed by atoms with Gasteiger partial charge in [-0.15, -0.1) is 0 Å². The van der Waals surface area contributed by atoms with Crippen LogP contribution in [0.1, 0.15) is 26.2 Å². The Hall–Kier alpha value is -0.700. The van der Waals surface area contributed by atoms with E-state index in [2.05, 4.69) is 29.1 Å². The van der Waals surface area contributed by atoms with Crippen molar-refractivity contribution in [3.63, 3.8) is 0 Å². The van der Waals surface area contributed by atoms with E-state index in [1.807, 2.05) is 0 Å². The molecule has 1 aliphatic rings. The Labute approximate surface area is 97.0 Å². The number of hydrogen-bond acceptors (Lipinski definition) is 1. The Morgan fingerprint density at radius 2 is 2.20 bits per heavy atom. The van der Waals surface area contributed by atoms with Gasteiger partial charge >= 0.3 is 0 Å². The predicted molar refractivity (Wildman–Crippen MR) is 66.3 cm³/mol. The Kier molecular flexibility index (Phi) is 5.54. The largest absolute Gasteiger partial charge is 0.357 e. The van der Waals surface area contributed by atoms with Crippen LogP contribution in [0.2, 0.25) is 0 Å². The Morgan fingerprint density at radius 3 is 2.67 bits per heavy atom. The molecule has 86 valence electrons. The van der Waals surface area contributed by atoms with Crippen molar-refractivity contribution >= 4 is 17.6 Å². The zero-order valence-corrected chi connectivity index (χ0v) is 10.1. The molecule has 0 aromatic heterocycles. The fraction of sp³-hybridized carbons (Fsp3) is 0.727. The fourth-order valence-electron chi connectivity index (χ4n) is 1.44. The van der Waals surface area contributed by atoms with E-state index in [9.17, 15) is 0 Å². The summed E-state index contributed by atoms with van der Waals surface area (Å²) in [6.45, 7) is 8.02. The number of aliphatic imine (C=N–C) groups is 1. The van der Waals surface area contributed by atoms with E-state index in [1.54, 1.807) is 0 Å². The van der Waals surface area contributed by atoms with E-state index >= 15 is 0 Å². The quantitative estimate of drug-likeness (QED) is 0.560. The molecule has 4 heteroatoms. The molecule has 0 heterocycles. The molecule has 0 atom stereocenters. The molecule has 1 aliphatic carbocycles. The molecule has 0 unspecified atom stereocenters. The van der Waals surface area contributed by atoms with Gasteiger partial charge in [-0.1, -0.05) is 24.6 Å². The second-order valence-electron chi connectivity index (χ2n) is 3.89. The third kappa shape index (κ3) is 5.07. The second kappa shape index (κ2) is 6.72. The molecule has 0 bridgehead atoms. The molecule has 0 radical (unpaired) electrons. The summed E-state index contributed by atoms with van der Waals surface area (Å²) in [5.41, 5.74) is 0. The van der Waals surface area contributed by atoms with Crippen molar-refractivity contribution in [1.29, 1.82) is 0 Å². The molecular formula is C11H20ClN3. The van der Waals surface area contributed by atoms with Crippen LogP contribution in [0.15, 0.2) is 16.6 Å². The average molecular weight is 230 g/mol. The van der Waals surface area contributed by atoms with Crippen LogP contribution in [-0.2, 0) is 0 Å². The molecule has 0 spiro atoms. The standard InChI is InChI=1S/C11H20ClN3/c1-3-13-11(14-7-9(2)12)15-8-10-5-4-6-10/h10H,2-8H2,1H3,(H2,13,14,15). The monoisotopic (exact) mass is 229 g/mol. The van der Waals surface area contributed by atoms with E-state index in [0.29, 0.717) is 11.6 Å². The maximum atomic E-state index is 5.67. The van der Waals surface area contributed by atoms with Gasteiger partial charge in [-0.05, 0) is 25.7 Å². The first-order chi connectivity index (χ1) is 7.22. The zero-order chi connectivity index (χ0) is 11.1. The number of rotatable bonds is 5. The van der Waals surface area contributed by atoms with Crippen molar-refractivity contribution in [2.45, 2.75) is 26.2 Å². The summed E-state index contributed by atoms with van der Waals surface area (Å²) in [7, 11) is 0. The molecule has 0 aliphatic heterocycles. The van der Waals surface area contributed by atoms with Crippen LogP contribution in [0.3, 0.4) is 0 Å². The third-order valence-electron chi connectivity index (χ3n) is 2.54. The van der Waals surface area contributed by atoms with E-state index in [0.717, 1.165) is 25.0 Å². The van der Waals surface area contributed by atoms with Crippen LogP contribution < -0.4 is 10.6 Å². The molecule has 0 amide bonds. The maximum Gasteiger partial charge on any atom is 0.191 e. The molecule has 0 aromatic rings. The van der Waals surface area contributed by atoms with Crippen LogP contribution in [0.4, 0.5) is 0 Å². The summed E-state index contributed by atoms with van der Waals surface area (Å²) in [5, 5.41) is 7.06. The van der Waals surface area contributed by atoms with Crippen molar-refractivity contribution in [3.8, 4) is 0 Å². The fourth-order valence-corrected chi connectivity index (χ4v) is 1.50. The van der Waals surface area contributed by atoms with Crippen molar-refractivity contribution in [3.05, 3.63) is 11.6 Å². The highest BCUT2D eigenvalue weighted by atomic mass is 35.5. The summed E-state index contributed by atoms with van der Waals surface area (Å²) >= 11 is 5.67. The highest BCUT2D eigenvalue weighted by molar-refractivity contribution is 6.29. The lowest BCUT2D eigenvalue weighted by molar-refractivity contribution is 0.314. The smallest absolute Gasteiger partial charge is 0.191 e. The van der Waals surface area contributed by atoms with Crippen LogP contribution in [0.25, 0.3) is 0 Å².